The van der Waals surface area contributed by atoms with Crippen LogP contribution < -0.4 is 0 Å². The van der Waals surface area contributed by atoms with Gasteiger partial charge in [-0.1, -0.05) is 6.92 Å². The molecule has 2 fully saturated rings. The molecule has 1 amide bonds. The van der Waals surface area contributed by atoms with Crippen molar-refractivity contribution in [2.75, 3.05) is 45.9 Å². The molecule has 0 N–H and O–H groups in total. The third kappa shape index (κ3) is 5.04. The second kappa shape index (κ2) is 8.60. The summed E-state index contributed by atoms with van der Waals surface area (Å²) in [6.45, 7) is 7.73. The predicted octanol–water partition coefficient (Wildman–Crippen LogP) is 1.47. The third-order valence-corrected chi connectivity index (χ3v) is 3.96. The van der Waals surface area contributed by atoms with Crippen molar-refractivity contribution in [3.8, 4) is 0 Å². The summed E-state index contributed by atoms with van der Waals surface area (Å²) in [5.74, 6) is 0.262. The molecule has 0 bridgehead atoms. The molecule has 20 heavy (non-hydrogen) atoms. The minimum Gasteiger partial charge on any atom is -0.353 e. The van der Waals surface area contributed by atoms with Gasteiger partial charge in [-0.25, -0.2) is 0 Å². The Morgan fingerprint density at radius 2 is 2.15 bits per heavy atom. The van der Waals surface area contributed by atoms with E-state index in [1.807, 2.05) is 4.90 Å². The highest BCUT2D eigenvalue weighted by Crippen LogP contribution is 2.13. The molecule has 5 heteroatoms. The molecule has 0 spiro atoms. The van der Waals surface area contributed by atoms with Crippen LogP contribution in [0.1, 0.15) is 39.0 Å². The minimum absolute atomic E-state index is 0.0250. The van der Waals surface area contributed by atoms with Crippen molar-refractivity contribution in [1.82, 2.24) is 9.80 Å². The van der Waals surface area contributed by atoms with Crippen molar-refractivity contribution in [1.29, 1.82) is 0 Å². The van der Waals surface area contributed by atoms with Crippen LogP contribution in [-0.2, 0) is 14.3 Å². The maximum Gasteiger partial charge on any atom is 0.236 e. The number of hydrogen-bond donors (Lipinski definition) is 0. The average molecular weight is 284 g/mol. The molecule has 0 aromatic rings. The van der Waals surface area contributed by atoms with E-state index in [2.05, 4.69) is 11.8 Å². The lowest BCUT2D eigenvalue weighted by molar-refractivity contribution is -0.164. The van der Waals surface area contributed by atoms with E-state index in [-0.39, 0.29) is 12.2 Å². The molecule has 1 unspecified atom stereocenters. The molecule has 2 heterocycles. The van der Waals surface area contributed by atoms with Crippen molar-refractivity contribution < 1.29 is 14.3 Å². The van der Waals surface area contributed by atoms with E-state index in [0.717, 1.165) is 58.5 Å². The van der Waals surface area contributed by atoms with E-state index in [0.29, 0.717) is 13.2 Å². The molecule has 2 aliphatic rings. The smallest absolute Gasteiger partial charge is 0.236 e. The molecule has 0 saturated carbocycles. The maximum absolute atomic E-state index is 12.1. The molecule has 2 saturated heterocycles. The molecule has 2 aliphatic heterocycles. The first-order chi connectivity index (χ1) is 9.79. The molecule has 0 aromatic heterocycles. The van der Waals surface area contributed by atoms with E-state index in [9.17, 15) is 4.79 Å². The molecular weight excluding hydrogens is 256 g/mol. The number of nitrogens with zero attached hydrogens (tertiary/aromatic N) is 2. The van der Waals surface area contributed by atoms with Crippen LogP contribution in [0.3, 0.4) is 0 Å². The molecule has 116 valence electrons. The number of hydrogen-bond acceptors (Lipinski definition) is 4. The van der Waals surface area contributed by atoms with Crippen LogP contribution in [0.4, 0.5) is 0 Å². The van der Waals surface area contributed by atoms with Crippen molar-refractivity contribution in [3.05, 3.63) is 0 Å². The second-order valence-electron chi connectivity index (χ2n) is 5.68. The Labute approximate surface area is 122 Å². The van der Waals surface area contributed by atoms with E-state index in [1.165, 1.54) is 6.42 Å². The largest absolute Gasteiger partial charge is 0.353 e. The van der Waals surface area contributed by atoms with E-state index >= 15 is 0 Å². The zero-order valence-corrected chi connectivity index (χ0v) is 12.7. The number of ether oxygens (including phenoxy) is 2. The maximum atomic E-state index is 12.1. The second-order valence-corrected chi connectivity index (χ2v) is 5.68. The summed E-state index contributed by atoms with van der Waals surface area (Å²) in [5, 5.41) is 0. The highest BCUT2D eigenvalue weighted by molar-refractivity contribution is 5.78. The Bertz CT molecular complexity index is 293. The van der Waals surface area contributed by atoms with Crippen LogP contribution in [0, 0.1) is 0 Å². The first-order valence-electron chi connectivity index (χ1n) is 8.03. The Balaban J connectivity index is 1.66. The van der Waals surface area contributed by atoms with Crippen molar-refractivity contribution in [2.24, 2.45) is 0 Å². The fourth-order valence-electron chi connectivity index (χ4n) is 2.83. The quantitative estimate of drug-likeness (QED) is 0.741. The van der Waals surface area contributed by atoms with Gasteiger partial charge in [-0.3, -0.25) is 9.69 Å². The zero-order valence-electron chi connectivity index (χ0n) is 12.7. The number of carbonyl (C=O) groups is 1. The molecule has 2 rings (SSSR count). The lowest BCUT2D eigenvalue weighted by atomic mass is 10.2. The summed E-state index contributed by atoms with van der Waals surface area (Å²) in [6, 6.07) is 0. The lowest BCUT2D eigenvalue weighted by Crippen LogP contribution is -2.38. The molecule has 5 nitrogen and oxygen atoms in total. The molecule has 0 radical (unpaired) electrons. The predicted molar refractivity (Wildman–Crippen MR) is 77.5 cm³/mol. The lowest BCUT2D eigenvalue weighted by Gasteiger charge is -2.25. The Hall–Kier alpha value is -0.650. The average Bonchev–Trinajstić information content (AvgIpc) is 2.63. The van der Waals surface area contributed by atoms with Gasteiger partial charge in [0.2, 0.25) is 5.91 Å². The standard InChI is InChI=1S/C15H28N2O3/c1-2-7-17-9-5-8-16(13-14(17)18)10-12-20-15-6-3-4-11-19-15/h15H,2-13H2,1H3. The van der Waals surface area contributed by atoms with Gasteiger partial charge in [0.05, 0.1) is 13.2 Å². The fraction of sp³-hybridized carbons (Fsp3) is 0.933. The SMILES string of the molecule is CCCN1CCCN(CCOC2CCCCO2)CC1=O. The van der Waals surface area contributed by atoms with Gasteiger partial charge in [-0.2, -0.15) is 0 Å². The number of amides is 1. The van der Waals surface area contributed by atoms with Gasteiger partial charge in [-0.15, -0.1) is 0 Å². The van der Waals surface area contributed by atoms with Gasteiger partial charge in [-0.05, 0) is 32.1 Å². The minimum atomic E-state index is -0.0250. The number of rotatable bonds is 6. The zero-order chi connectivity index (χ0) is 14.2. The van der Waals surface area contributed by atoms with Crippen LogP contribution in [0.15, 0.2) is 0 Å². The van der Waals surface area contributed by atoms with Crippen molar-refractivity contribution in [3.63, 3.8) is 0 Å². The first-order valence-corrected chi connectivity index (χ1v) is 8.03. The van der Waals surface area contributed by atoms with Gasteiger partial charge in [0, 0.05) is 32.8 Å². The van der Waals surface area contributed by atoms with Gasteiger partial charge in [0.1, 0.15) is 0 Å². The molecule has 0 aliphatic carbocycles. The van der Waals surface area contributed by atoms with Gasteiger partial charge >= 0.3 is 0 Å². The highest BCUT2D eigenvalue weighted by Gasteiger charge is 2.21. The third-order valence-electron chi connectivity index (χ3n) is 3.96. The summed E-state index contributed by atoms with van der Waals surface area (Å²) in [4.78, 5) is 16.3. The van der Waals surface area contributed by atoms with Crippen molar-refractivity contribution in [2.45, 2.75) is 45.3 Å². The number of carbonyl (C=O) groups excluding carboxylic acids is 1. The highest BCUT2D eigenvalue weighted by atomic mass is 16.7. The molecule has 0 aromatic carbocycles. The van der Waals surface area contributed by atoms with Crippen LogP contribution in [0.5, 0.6) is 0 Å². The van der Waals surface area contributed by atoms with E-state index in [4.69, 9.17) is 9.47 Å². The van der Waals surface area contributed by atoms with Crippen LogP contribution in [-0.4, -0.2) is 67.9 Å². The Morgan fingerprint density at radius 3 is 2.90 bits per heavy atom. The van der Waals surface area contributed by atoms with Gasteiger partial charge in [0.15, 0.2) is 6.29 Å². The van der Waals surface area contributed by atoms with Gasteiger partial charge in [0.25, 0.3) is 0 Å². The summed E-state index contributed by atoms with van der Waals surface area (Å²) < 4.78 is 11.3. The van der Waals surface area contributed by atoms with E-state index < -0.39 is 0 Å². The van der Waals surface area contributed by atoms with Crippen LogP contribution in [0.25, 0.3) is 0 Å². The first kappa shape index (κ1) is 15.7. The monoisotopic (exact) mass is 284 g/mol. The fourth-order valence-corrected chi connectivity index (χ4v) is 2.83. The Kier molecular flexibility index (Phi) is 6.76. The summed E-state index contributed by atoms with van der Waals surface area (Å²) in [6.07, 6.45) is 5.41. The topological polar surface area (TPSA) is 42.0 Å². The van der Waals surface area contributed by atoms with Gasteiger partial charge < -0.3 is 14.4 Å². The normalized spacial score (nSPS) is 25.8. The molecule has 1 atom stereocenters. The summed E-state index contributed by atoms with van der Waals surface area (Å²) >= 11 is 0. The van der Waals surface area contributed by atoms with Crippen LogP contribution in [0.2, 0.25) is 0 Å². The van der Waals surface area contributed by atoms with Crippen LogP contribution >= 0.6 is 0 Å². The molecular formula is C15H28N2O3. The van der Waals surface area contributed by atoms with E-state index in [1.54, 1.807) is 0 Å². The van der Waals surface area contributed by atoms with Crippen molar-refractivity contribution >= 4 is 5.91 Å². The summed E-state index contributed by atoms with van der Waals surface area (Å²) in [7, 11) is 0. The Morgan fingerprint density at radius 1 is 1.25 bits per heavy atom. The summed E-state index contributed by atoms with van der Waals surface area (Å²) in [5.41, 5.74) is 0.